The van der Waals surface area contributed by atoms with Gasteiger partial charge in [0.05, 0.1) is 0 Å². The number of ether oxygens (including phenoxy) is 1. The van der Waals surface area contributed by atoms with Gasteiger partial charge >= 0.3 is 6.03 Å². The largest absolute Gasteiger partial charge is 0.381 e. The van der Waals surface area contributed by atoms with Crippen molar-refractivity contribution in [3.63, 3.8) is 0 Å². The number of carbonyl (C=O) groups is 1. The van der Waals surface area contributed by atoms with Crippen LogP contribution in [0.3, 0.4) is 0 Å². The first-order valence-electron chi connectivity index (χ1n) is 8.00. The van der Waals surface area contributed by atoms with Crippen LogP contribution in [0.5, 0.6) is 0 Å². The van der Waals surface area contributed by atoms with Crippen LogP contribution in [0.4, 0.5) is 10.6 Å². The topological polar surface area (TPSA) is 102 Å². The first-order chi connectivity index (χ1) is 11.6. The van der Waals surface area contributed by atoms with E-state index in [2.05, 4.69) is 25.8 Å². The molecule has 3 rings (SSSR count). The van der Waals surface area contributed by atoms with Gasteiger partial charge < -0.3 is 14.6 Å². The number of nitrogens with zero attached hydrogens (tertiary/aromatic N) is 3. The lowest BCUT2D eigenvalue weighted by atomic mass is 9.91. The van der Waals surface area contributed by atoms with Crippen LogP contribution in [0, 0.1) is 19.8 Å². The van der Waals surface area contributed by atoms with Crippen LogP contribution >= 0.6 is 0 Å². The summed E-state index contributed by atoms with van der Waals surface area (Å²) in [7, 11) is 0. The number of aromatic nitrogens is 3. The molecule has 3 heterocycles. The first-order valence-corrected chi connectivity index (χ1v) is 8.00. The van der Waals surface area contributed by atoms with Gasteiger partial charge in [-0.3, -0.25) is 5.32 Å². The second-order valence-electron chi connectivity index (χ2n) is 5.92. The van der Waals surface area contributed by atoms with Crippen molar-refractivity contribution in [3.05, 3.63) is 35.6 Å². The molecule has 0 saturated carbocycles. The Morgan fingerprint density at radius 1 is 1.33 bits per heavy atom. The van der Waals surface area contributed by atoms with E-state index in [4.69, 9.17) is 9.26 Å². The minimum atomic E-state index is -0.347. The molecule has 128 valence electrons. The molecule has 0 spiro atoms. The Hall–Kier alpha value is -2.48. The lowest BCUT2D eigenvalue weighted by Gasteiger charge is -2.28. The molecule has 2 aromatic rings. The van der Waals surface area contributed by atoms with E-state index in [-0.39, 0.29) is 18.0 Å². The Morgan fingerprint density at radius 3 is 2.79 bits per heavy atom. The molecule has 2 amide bonds. The molecule has 0 bridgehead atoms. The Labute approximate surface area is 140 Å². The Bertz CT molecular complexity index is 697. The highest BCUT2D eigenvalue weighted by atomic mass is 16.5. The molecule has 0 radical (unpaired) electrons. The number of aryl methyl sites for hydroxylation is 2. The van der Waals surface area contributed by atoms with E-state index in [9.17, 15) is 4.79 Å². The SMILES string of the molecule is Cc1ccnc(NC(=O)N[C@H](c2nc(C)no2)C2CCOCC2)c1. The third-order valence-corrected chi connectivity index (χ3v) is 3.99. The fourth-order valence-corrected chi connectivity index (χ4v) is 2.77. The van der Waals surface area contributed by atoms with Crippen molar-refractivity contribution in [3.8, 4) is 0 Å². The number of rotatable bonds is 4. The highest BCUT2D eigenvalue weighted by Gasteiger charge is 2.31. The van der Waals surface area contributed by atoms with Crippen LogP contribution in [-0.2, 0) is 4.74 Å². The van der Waals surface area contributed by atoms with E-state index < -0.39 is 0 Å². The molecule has 8 heteroatoms. The number of carbonyl (C=O) groups excluding carboxylic acids is 1. The predicted molar refractivity (Wildman–Crippen MR) is 86.4 cm³/mol. The summed E-state index contributed by atoms with van der Waals surface area (Å²) in [5.74, 6) is 1.66. The van der Waals surface area contributed by atoms with Crippen LogP contribution in [0.2, 0.25) is 0 Å². The van der Waals surface area contributed by atoms with Gasteiger partial charge in [0.2, 0.25) is 5.89 Å². The number of hydrogen-bond donors (Lipinski definition) is 2. The monoisotopic (exact) mass is 331 g/mol. The summed E-state index contributed by atoms with van der Waals surface area (Å²) in [4.78, 5) is 20.8. The number of urea groups is 1. The summed E-state index contributed by atoms with van der Waals surface area (Å²) >= 11 is 0. The van der Waals surface area contributed by atoms with E-state index in [1.165, 1.54) is 0 Å². The zero-order valence-electron chi connectivity index (χ0n) is 13.8. The molecular formula is C16H21N5O3. The maximum absolute atomic E-state index is 12.4. The van der Waals surface area contributed by atoms with Gasteiger partial charge in [0, 0.05) is 19.4 Å². The quantitative estimate of drug-likeness (QED) is 0.892. The lowest BCUT2D eigenvalue weighted by Crippen LogP contribution is -2.38. The Kier molecular flexibility index (Phi) is 5.05. The Morgan fingerprint density at radius 2 is 2.12 bits per heavy atom. The van der Waals surface area contributed by atoms with E-state index in [1.54, 1.807) is 19.2 Å². The molecule has 1 aliphatic heterocycles. The highest BCUT2D eigenvalue weighted by molar-refractivity contribution is 5.88. The molecule has 1 fully saturated rings. The zero-order valence-corrected chi connectivity index (χ0v) is 13.8. The van der Waals surface area contributed by atoms with Gasteiger partial charge in [-0.1, -0.05) is 5.16 Å². The van der Waals surface area contributed by atoms with Gasteiger partial charge in [-0.15, -0.1) is 0 Å². The molecule has 0 aliphatic carbocycles. The molecule has 1 atom stereocenters. The lowest BCUT2D eigenvalue weighted by molar-refractivity contribution is 0.0506. The van der Waals surface area contributed by atoms with Gasteiger partial charge in [-0.05, 0) is 50.3 Å². The summed E-state index contributed by atoms with van der Waals surface area (Å²) in [5, 5.41) is 9.52. The van der Waals surface area contributed by atoms with Crippen LogP contribution in [0.15, 0.2) is 22.9 Å². The van der Waals surface area contributed by atoms with Crippen LogP contribution in [0.25, 0.3) is 0 Å². The van der Waals surface area contributed by atoms with Crippen LogP contribution in [0.1, 0.15) is 36.2 Å². The van der Waals surface area contributed by atoms with Crippen molar-refractivity contribution in [2.45, 2.75) is 32.7 Å². The van der Waals surface area contributed by atoms with Crippen molar-refractivity contribution in [1.82, 2.24) is 20.4 Å². The van der Waals surface area contributed by atoms with Gasteiger partial charge in [-0.2, -0.15) is 4.98 Å². The van der Waals surface area contributed by atoms with E-state index >= 15 is 0 Å². The summed E-state index contributed by atoms with van der Waals surface area (Å²) in [6.07, 6.45) is 3.31. The van der Waals surface area contributed by atoms with Gasteiger partial charge in [-0.25, -0.2) is 9.78 Å². The fourth-order valence-electron chi connectivity index (χ4n) is 2.77. The van der Waals surface area contributed by atoms with E-state index in [0.717, 1.165) is 18.4 Å². The van der Waals surface area contributed by atoms with Crippen molar-refractivity contribution < 1.29 is 14.1 Å². The number of anilines is 1. The normalized spacial score (nSPS) is 16.6. The molecule has 1 saturated heterocycles. The maximum atomic E-state index is 12.4. The second kappa shape index (κ2) is 7.39. The summed E-state index contributed by atoms with van der Waals surface area (Å²) in [5.41, 5.74) is 1.02. The summed E-state index contributed by atoms with van der Waals surface area (Å²) in [6, 6.07) is 2.98. The molecule has 2 N–H and O–H groups in total. The number of pyridine rings is 1. The minimum absolute atomic E-state index is 0.190. The highest BCUT2D eigenvalue weighted by Crippen LogP contribution is 2.29. The minimum Gasteiger partial charge on any atom is -0.381 e. The first kappa shape index (κ1) is 16.4. The van der Waals surface area contributed by atoms with Crippen molar-refractivity contribution in [2.24, 2.45) is 5.92 Å². The fraction of sp³-hybridized carbons (Fsp3) is 0.500. The smallest absolute Gasteiger partial charge is 0.321 e. The number of hydrogen-bond acceptors (Lipinski definition) is 6. The molecule has 0 unspecified atom stereocenters. The second-order valence-corrected chi connectivity index (χ2v) is 5.92. The third kappa shape index (κ3) is 4.08. The zero-order chi connectivity index (χ0) is 16.9. The van der Waals surface area contributed by atoms with E-state index in [1.807, 2.05) is 13.0 Å². The van der Waals surface area contributed by atoms with E-state index in [0.29, 0.717) is 30.7 Å². The average molecular weight is 331 g/mol. The molecule has 8 nitrogen and oxygen atoms in total. The van der Waals surface area contributed by atoms with Crippen LogP contribution in [-0.4, -0.2) is 34.4 Å². The standard InChI is InChI=1S/C16H21N5O3/c1-10-3-6-17-13(9-10)19-16(22)20-14(12-4-7-23-8-5-12)15-18-11(2)21-24-15/h3,6,9,12,14H,4-5,7-8H2,1-2H3,(H2,17,19,20,22)/t14-/m0/s1. The van der Waals surface area contributed by atoms with Crippen LogP contribution < -0.4 is 10.6 Å². The molecule has 1 aliphatic rings. The molecule has 2 aromatic heterocycles. The predicted octanol–water partition coefficient (Wildman–Crippen LogP) is 2.37. The van der Waals surface area contributed by atoms with Gasteiger partial charge in [0.1, 0.15) is 11.9 Å². The van der Waals surface area contributed by atoms with Crippen molar-refractivity contribution in [1.29, 1.82) is 0 Å². The summed E-state index contributed by atoms with van der Waals surface area (Å²) < 4.78 is 10.7. The third-order valence-electron chi connectivity index (χ3n) is 3.99. The average Bonchev–Trinajstić information content (AvgIpc) is 3.00. The molecular weight excluding hydrogens is 310 g/mol. The van der Waals surface area contributed by atoms with Gasteiger partial charge in [0.15, 0.2) is 5.82 Å². The van der Waals surface area contributed by atoms with Crippen molar-refractivity contribution in [2.75, 3.05) is 18.5 Å². The van der Waals surface area contributed by atoms with Gasteiger partial charge in [0.25, 0.3) is 0 Å². The molecule has 24 heavy (non-hydrogen) atoms. The summed E-state index contributed by atoms with van der Waals surface area (Å²) in [6.45, 7) is 5.02. The maximum Gasteiger partial charge on any atom is 0.321 e. The molecule has 0 aromatic carbocycles. The Balaban J connectivity index is 1.72. The number of nitrogens with one attached hydrogen (secondary N) is 2. The van der Waals surface area contributed by atoms with Crippen molar-refractivity contribution >= 4 is 11.8 Å². The number of amides is 2.